The molecule has 6 heteroatoms. The van der Waals surface area contributed by atoms with Gasteiger partial charge in [0.15, 0.2) is 0 Å². The van der Waals surface area contributed by atoms with Crippen LogP contribution in [0, 0.1) is 0 Å². The molecule has 2 N–H and O–H groups in total. The van der Waals surface area contributed by atoms with Gasteiger partial charge in [0.2, 0.25) is 0 Å². The van der Waals surface area contributed by atoms with Crippen LogP contribution in [-0.2, 0) is 11.2 Å². The second kappa shape index (κ2) is 7.99. The van der Waals surface area contributed by atoms with E-state index in [1.54, 1.807) is 61.5 Å². The molecular weight excluding hydrogens is 396 g/mol. The average Bonchev–Trinajstić information content (AvgIpc) is 2.76. The Morgan fingerprint density at radius 1 is 0.903 bits per heavy atom. The van der Waals surface area contributed by atoms with Gasteiger partial charge in [0.25, 0.3) is 0 Å². The zero-order valence-corrected chi connectivity index (χ0v) is 16.7. The monoisotopic (exact) mass is 415 g/mol. The third-order valence-corrected chi connectivity index (χ3v) is 5.31. The first kappa shape index (κ1) is 20.2. The lowest BCUT2D eigenvalue weighted by Crippen LogP contribution is -2.10. The Morgan fingerprint density at radius 3 is 2.03 bits per heavy atom. The van der Waals surface area contributed by atoms with Crippen LogP contribution in [0.4, 0.5) is 0 Å². The Bertz CT molecular complexity index is 1340. The number of benzene rings is 4. The molecule has 0 bridgehead atoms. The van der Waals surface area contributed by atoms with E-state index >= 15 is 0 Å². The molecule has 4 rings (SSSR count). The van der Waals surface area contributed by atoms with Crippen molar-refractivity contribution in [2.75, 3.05) is 6.61 Å². The highest BCUT2D eigenvalue weighted by atomic mass is 16.5. The molecule has 0 aliphatic carbocycles. The van der Waals surface area contributed by atoms with Crippen molar-refractivity contribution in [1.29, 1.82) is 0 Å². The van der Waals surface area contributed by atoms with Crippen molar-refractivity contribution in [1.82, 2.24) is 0 Å². The van der Waals surface area contributed by atoms with Crippen LogP contribution < -0.4 is 5.11 Å². The summed E-state index contributed by atoms with van der Waals surface area (Å²) in [6.07, 6.45) is -0.0416. The number of phenolic OH excluding ortho intramolecular Hbond substituents is 1. The molecular formula is C25H19O6-. The Hall–Kier alpha value is -4.06. The molecule has 4 aromatic carbocycles. The number of rotatable bonds is 5. The Kier molecular flexibility index (Phi) is 5.21. The summed E-state index contributed by atoms with van der Waals surface area (Å²) in [6, 6.07) is 17.1. The van der Waals surface area contributed by atoms with E-state index in [2.05, 4.69) is 0 Å². The van der Waals surface area contributed by atoms with Crippen LogP contribution in [-0.4, -0.2) is 28.8 Å². The van der Waals surface area contributed by atoms with Crippen LogP contribution in [0.25, 0.3) is 21.5 Å². The van der Waals surface area contributed by atoms with E-state index in [0.29, 0.717) is 27.1 Å². The molecule has 0 amide bonds. The number of hydrogen-bond acceptors (Lipinski definition) is 5. The van der Waals surface area contributed by atoms with Crippen LogP contribution in [0.2, 0.25) is 0 Å². The predicted octanol–water partition coefficient (Wildman–Crippen LogP) is 4.24. The summed E-state index contributed by atoms with van der Waals surface area (Å²) in [5, 5.41) is 36.1. The Labute approximate surface area is 177 Å². The van der Waals surface area contributed by atoms with E-state index < -0.39 is 17.7 Å². The zero-order valence-electron chi connectivity index (χ0n) is 16.7. The highest BCUT2D eigenvalue weighted by Gasteiger charge is 2.21. The molecule has 0 fully saturated rings. The highest BCUT2D eigenvalue weighted by Crippen LogP contribution is 2.38. The fraction of sp³-hybridized carbons (Fsp3) is 0.120. The lowest BCUT2D eigenvalue weighted by Gasteiger charge is -2.21. The minimum Gasteiger partial charge on any atom is -0.872 e. The van der Waals surface area contributed by atoms with Gasteiger partial charge in [0, 0.05) is 12.0 Å². The molecule has 0 radical (unpaired) electrons. The third kappa shape index (κ3) is 3.53. The fourth-order valence-electron chi connectivity index (χ4n) is 3.87. The number of carbonyl (C=O) groups is 2. The molecule has 31 heavy (non-hydrogen) atoms. The summed E-state index contributed by atoms with van der Waals surface area (Å²) in [5.41, 5.74) is 0.281. The number of carboxylic acids is 1. The minimum atomic E-state index is -1.31. The molecule has 6 nitrogen and oxygen atoms in total. The van der Waals surface area contributed by atoms with Gasteiger partial charge in [-0.25, -0.2) is 9.59 Å². The lowest BCUT2D eigenvalue weighted by atomic mass is 9.90. The van der Waals surface area contributed by atoms with Gasteiger partial charge in [-0.1, -0.05) is 54.3 Å². The summed E-state index contributed by atoms with van der Waals surface area (Å²) in [5.74, 6) is -2.87. The number of ether oxygens (including phenoxy) is 1. The van der Waals surface area contributed by atoms with Crippen LogP contribution in [0.3, 0.4) is 0 Å². The molecule has 0 atom stereocenters. The SMILES string of the molecule is CCOC(=O)c1cc2ccccc2c(Cc2c([O-])c(C(=O)O)cc3ccccc23)c1O. The summed E-state index contributed by atoms with van der Waals surface area (Å²) < 4.78 is 5.07. The molecule has 0 aliphatic rings. The van der Waals surface area contributed by atoms with Crippen molar-refractivity contribution in [3.8, 4) is 11.5 Å². The van der Waals surface area contributed by atoms with Crippen LogP contribution >= 0.6 is 0 Å². The zero-order chi connectivity index (χ0) is 22.1. The Balaban J connectivity index is 2.00. The molecule has 0 heterocycles. The molecule has 156 valence electrons. The number of carbonyl (C=O) groups excluding carboxylic acids is 1. The van der Waals surface area contributed by atoms with Gasteiger partial charge in [-0.05, 0) is 46.2 Å². The topological polar surface area (TPSA) is 107 Å². The normalized spacial score (nSPS) is 11.0. The van der Waals surface area contributed by atoms with Gasteiger partial charge in [-0.2, -0.15) is 0 Å². The predicted molar refractivity (Wildman–Crippen MR) is 115 cm³/mol. The van der Waals surface area contributed by atoms with Gasteiger partial charge in [-0.3, -0.25) is 0 Å². The number of phenols is 1. The number of fused-ring (bicyclic) bond motifs is 2. The van der Waals surface area contributed by atoms with E-state index in [1.165, 1.54) is 6.07 Å². The number of esters is 1. The van der Waals surface area contributed by atoms with Gasteiger partial charge < -0.3 is 20.1 Å². The third-order valence-electron chi connectivity index (χ3n) is 5.31. The van der Waals surface area contributed by atoms with E-state index in [1.807, 2.05) is 0 Å². The quantitative estimate of drug-likeness (QED) is 0.472. The van der Waals surface area contributed by atoms with Crippen molar-refractivity contribution < 1.29 is 29.6 Å². The summed E-state index contributed by atoms with van der Waals surface area (Å²) in [4.78, 5) is 24.1. The van der Waals surface area contributed by atoms with Crippen molar-refractivity contribution in [2.45, 2.75) is 13.3 Å². The number of carboxylic acid groups (broad SMARTS) is 1. The molecule has 0 saturated heterocycles. The van der Waals surface area contributed by atoms with Crippen molar-refractivity contribution in [3.63, 3.8) is 0 Å². The fourth-order valence-corrected chi connectivity index (χ4v) is 3.87. The van der Waals surface area contributed by atoms with Crippen molar-refractivity contribution in [2.24, 2.45) is 0 Å². The first-order chi connectivity index (χ1) is 14.9. The van der Waals surface area contributed by atoms with Crippen LogP contribution in [0.1, 0.15) is 38.8 Å². The minimum absolute atomic E-state index is 0.00157. The summed E-state index contributed by atoms with van der Waals surface area (Å²) in [7, 11) is 0. The van der Waals surface area contributed by atoms with Crippen LogP contribution in [0.15, 0.2) is 60.7 Å². The van der Waals surface area contributed by atoms with Gasteiger partial charge in [-0.15, -0.1) is 0 Å². The highest BCUT2D eigenvalue weighted by molar-refractivity contribution is 6.02. The molecule has 0 spiro atoms. The first-order valence-electron chi connectivity index (χ1n) is 9.78. The number of hydrogen-bond donors (Lipinski definition) is 2. The maximum atomic E-state index is 13.0. The summed E-state index contributed by atoms with van der Waals surface area (Å²) in [6.45, 7) is 1.82. The second-order valence-corrected chi connectivity index (χ2v) is 7.13. The lowest BCUT2D eigenvalue weighted by molar-refractivity contribution is -0.269. The Morgan fingerprint density at radius 2 is 1.45 bits per heavy atom. The molecule has 0 saturated carbocycles. The average molecular weight is 415 g/mol. The molecule has 4 aromatic rings. The van der Waals surface area contributed by atoms with Gasteiger partial charge in [0.05, 0.1) is 12.2 Å². The van der Waals surface area contributed by atoms with Crippen molar-refractivity contribution in [3.05, 3.63) is 82.9 Å². The molecule has 0 aromatic heterocycles. The van der Waals surface area contributed by atoms with E-state index in [-0.39, 0.29) is 35.5 Å². The first-order valence-corrected chi connectivity index (χ1v) is 9.78. The van der Waals surface area contributed by atoms with E-state index in [0.717, 1.165) is 0 Å². The van der Waals surface area contributed by atoms with Gasteiger partial charge in [0.1, 0.15) is 11.3 Å². The molecule has 0 aliphatic heterocycles. The van der Waals surface area contributed by atoms with Crippen molar-refractivity contribution >= 4 is 33.5 Å². The largest absolute Gasteiger partial charge is 0.872 e. The standard InChI is InChI=1S/C25H20O6/c1-2-31-25(30)21-12-15-8-4-6-10-17(15)19(23(21)27)13-18-16-9-5-3-7-14(16)11-20(22(18)26)24(28)29/h3-12,26-27H,2,13H2,1H3,(H,28,29)/p-1. The van der Waals surface area contributed by atoms with Gasteiger partial charge >= 0.3 is 11.9 Å². The maximum Gasteiger partial charge on any atom is 0.341 e. The van der Waals surface area contributed by atoms with E-state index in [9.17, 15) is 24.9 Å². The number of aromatic carboxylic acids is 1. The molecule has 0 unspecified atom stereocenters. The number of aromatic hydroxyl groups is 1. The van der Waals surface area contributed by atoms with E-state index in [4.69, 9.17) is 4.74 Å². The summed E-state index contributed by atoms with van der Waals surface area (Å²) >= 11 is 0. The smallest absolute Gasteiger partial charge is 0.341 e. The van der Waals surface area contributed by atoms with Crippen LogP contribution in [0.5, 0.6) is 11.5 Å². The second-order valence-electron chi connectivity index (χ2n) is 7.13. The maximum absolute atomic E-state index is 13.0.